The van der Waals surface area contributed by atoms with Crippen LogP contribution in [0.25, 0.3) is 21.9 Å². The molecule has 0 spiro atoms. The summed E-state index contributed by atoms with van der Waals surface area (Å²) in [5.74, 6) is 0.937. The van der Waals surface area contributed by atoms with Crippen LogP contribution in [0, 0.1) is 6.92 Å². The zero-order chi connectivity index (χ0) is 21.2. The molecule has 3 aromatic carbocycles. The van der Waals surface area contributed by atoms with Crippen molar-refractivity contribution in [2.45, 2.75) is 26.4 Å². The van der Waals surface area contributed by atoms with Gasteiger partial charge in [0.15, 0.2) is 11.4 Å². The van der Waals surface area contributed by atoms with Crippen LogP contribution in [0.1, 0.15) is 19.4 Å². The predicted molar refractivity (Wildman–Crippen MR) is 127 cm³/mol. The maximum atomic E-state index is 6.44. The van der Waals surface area contributed by atoms with Crippen molar-refractivity contribution < 1.29 is 4.42 Å². The highest BCUT2D eigenvalue weighted by atomic mass is 16.3. The lowest BCUT2D eigenvalue weighted by molar-refractivity contribution is 0.535. The minimum atomic E-state index is -0.393. The van der Waals surface area contributed by atoms with Gasteiger partial charge in [0.2, 0.25) is 0 Å². The maximum absolute atomic E-state index is 6.44. The number of pyridine rings is 1. The second-order valence-electron chi connectivity index (χ2n) is 8.55. The fraction of sp³-hybridized carbons (Fsp3) is 0.148. The van der Waals surface area contributed by atoms with Crippen LogP contribution in [0.5, 0.6) is 0 Å². The van der Waals surface area contributed by atoms with Crippen molar-refractivity contribution in [3.05, 3.63) is 90.6 Å². The molecule has 1 aliphatic heterocycles. The van der Waals surface area contributed by atoms with E-state index in [1.54, 1.807) is 0 Å². The van der Waals surface area contributed by atoms with Crippen LogP contribution >= 0.6 is 0 Å². The molecule has 0 radical (unpaired) electrons. The Balaban J connectivity index is 1.67. The Hall–Kier alpha value is -3.79. The van der Waals surface area contributed by atoms with Gasteiger partial charge in [-0.1, -0.05) is 48.5 Å². The number of rotatable bonds is 2. The fourth-order valence-corrected chi connectivity index (χ4v) is 4.95. The molecule has 0 atom stereocenters. The molecule has 1 aliphatic rings. The van der Waals surface area contributed by atoms with Gasteiger partial charge in [0.05, 0.1) is 11.4 Å². The van der Waals surface area contributed by atoms with Crippen LogP contribution < -0.4 is 9.80 Å². The Labute approximate surface area is 181 Å². The van der Waals surface area contributed by atoms with E-state index in [2.05, 4.69) is 85.2 Å². The number of hydrogen-bond donors (Lipinski definition) is 0. The largest absolute Gasteiger partial charge is 0.454 e. The highest BCUT2D eigenvalue weighted by Gasteiger charge is 2.46. The molecule has 5 aromatic rings. The van der Waals surface area contributed by atoms with Crippen molar-refractivity contribution in [2.75, 3.05) is 9.80 Å². The van der Waals surface area contributed by atoms with E-state index in [9.17, 15) is 0 Å². The van der Waals surface area contributed by atoms with Crippen LogP contribution in [-0.2, 0) is 0 Å². The van der Waals surface area contributed by atoms with Gasteiger partial charge in [0.25, 0.3) is 0 Å². The molecule has 0 unspecified atom stereocenters. The molecule has 0 saturated carbocycles. The summed E-state index contributed by atoms with van der Waals surface area (Å²) in [6.45, 7) is 6.62. The number of furan rings is 1. The number of aryl methyl sites for hydroxylation is 1. The van der Waals surface area contributed by atoms with Gasteiger partial charge >= 0.3 is 0 Å². The molecule has 4 nitrogen and oxygen atoms in total. The smallest absolute Gasteiger partial charge is 0.159 e. The molecular formula is C27H23N3O. The Morgan fingerprint density at radius 2 is 1.55 bits per heavy atom. The monoisotopic (exact) mass is 405 g/mol. The summed E-state index contributed by atoms with van der Waals surface area (Å²) in [5.41, 5.74) is 5.87. The molecule has 6 rings (SSSR count). The summed E-state index contributed by atoms with van der Waals surface area (Å²) in [4.78, 5) is 9.52. The van der Waals surface area contributed by atoms with Crippen LogP contribution in [0.2, 0.25) is 0 Å². The van der Waals surface area contributed by atoms with Crippen molar-refractivity contribution in [3.63, 3.8) is 0 Å². The van der Waals surface area contributed by atoms with Gasteiger partial charge in [0.1, 0.15) is 11.2 Å². The Morgan fingerprint density at radius 3 is 2.39 bits per heavy atom. The Morgan fingerprint density at radius 1 is 0.774 bits per heavy atom. The Kier molecular flexibility index (Phi) is 3.69. The van der Waals surface area contributed by atoms with Crippen LogP contribution in [0.4, 0.5) is 22.9 Å². The summed E-state index contributed by atoms with van der Waals surface area (Å²) in [6, 6.07) is 27.2. The van der Waals surface area contributed by atoms with Gasteiger partial charge in [-0.15, -0.1) is 0 Å². The predicted octanol–water partition coefficient (Wildman–Crippen LogP) is 7.32. The molecule has 0 bridgehead atoms. The third-order valence-electron chi connectivity index (χ3n) is 6.27. The summed E-state index contributed by atoms with van der Waals surface area (Å²) in [5, 5.41) is 2.26. The van der Waals surface area contributed by atoms with E-state index in [4.69, 9.17) is 9.40 Å². The van der Waals surface area contributed by atoms with Gasteiger partial charge in [-0.3, -0.25) is 4.90 Å². The standard InChI is InChI=1S/C27H23N3O/c1-18-15-16-21-20-12-7-8-14-23(20)31-25(21)24(18)30-26-22(13-9-17-28-26)29(27(30,2)3)19-10-5-4-6-11-19/h4-17H,1-3H3. The molecule has 0 amide bonds. The van der Waals surface area contributed by atoms with Gasteiger partial charge in [0, 0.05) is 22.7 Å². The minimum Gasteiger partial charge on any atom is -0.454 e. The lowest BCUT2D eigenvalue weighted by Gasteiger charge is -2.40. The minimum absolute atomic E-state index is 0.393. The van der Waals surface area contributed by atoms with Crippen LogP contribution in [0.3, 0.4) is 0 Å². The van der Waals surface area contributed by atoms with Gasteiger partial charge in [-0.05, 0) is 56.7 Å². The molecule has 0 aliphatic carbocycles. The fourth-order valence-electron chi connectivity index (χ4n) is 4.95. The molecule has 3 heterocycles. The first kappa shape index (κ1) is 18.0. The highest BCUT2D eigenvalue weighted by molar-refractivity contribution is 6.11. The van der Waals surface area contributed by atoms with Crippen LogP contribution in [-0.4, -0.2) is 10.6 Å². The van der Waals surface area contributed by atoms with Gasteiger partial charge in [-0.2, -0.15) is 0 Å². The number of benzene rings is 3. The van der Waals surface area contributed by atoms with Gasteiger partial charge < -0.3 is 9.32 Å². The van der Waals surface area contributed by atoms with Crippen molar-refractivity contribution in [2.24, 2.45) is 0 Å². The summed E-state index contributed by atoms with van der Waals surface area (Å²) >= 11 is 0. The molecule has 4 heteroatoms. The number of nitrogens with zero attached hydrogens (tertiary/aromatic N) is 3. The lowest BCUT2D eigenvalue weighted by atomic mass is 10.0. The first-order chi connectivity index (χ1) is 15.1. The summed E-state index contributed by atoms with van der Waals surface area (Å²) < 4.78 is 6.44. The number of aromatic nitrogens is 1. The number of para-hydroxylation sites is 2. The number of fused-ring (bicyclic) bond motifs is 4. The zero-order valence-electron chi connectivity index (χ0n) is 17.8. The van der Waals surface area contributed by atoms with E-state index in [-0.39, 0.29) is 0 Å². The Bertz CT molecular complexity index is 1440. The van der Waals surface area contributed by atoms with E-state index in [1.807, 2.05) is 30.5 Å². The first-order valence-corrected chi connectivity index (χ1v) is 10.6. The average Bonchev–Trinajstić information content (AvgIpc) is 3.26. The van der Waals surface area contributed by atoms with Crippen molar-refractivity contribution in [1.29, 1.82) is 0 Å². The van der Waals surface area contributed by atoms with Crippen molar-refractivity contribution in [1.82, 2.24) is 4.98 Å². The second kappa shape index (κ2) is 6.35. The topological polar surface area (TPSA) is 32.5 Å². The maximum Gasteiger partial charge on any atom is 0.159 e. The van der Waals surface area contributed by atoms with E-state index in [1.165, 1.54) is 0 Å². The highest BCUT2D eigenvalue weighted by Crippen LogP contribution is 2.53. The lowest BCUT2D eigenvalue weighted by Crippen LogP contribution is -2.48. The molecule has 31 heavy (non-hydrogen) atoms. The number of hydrogen-bond acceptors (Lipinski definition) is 4. The zero-order valence-corrected chi connectivity index (χ0v) is 17.8. The SMILES string of the molecule is Cc1ccc2c(oc3ccccc32)c1N1c2ncccc2N(c2ccccc2)C1(C)C. The second-order valence-corrected chi connectivity index (χ2v) is 8.55. The van der Waals surface area contributed by atoms with Crippen molar-refractivity contribution >= 4 is 44.8 Å². The third-order valence-corrected chi connectivity index (χ3v) is 6.27. The molecular weight excluding hydrogens is 382 g/mol. The molecule has 0 N–H and O–H groups in total. The number of anilines is 4. The summed E-state index contributed by atoms with van der Waals surface area (Å²) in [6.07, 6.45) is 1.87. The quantitative estimate of drug-likeness (QED) is 0.308. The van der Waals surface area contributed by atoms with E-state index < -0.39 is 5.66 Å². The molecule has 0 saturated heterocycles. The molecule has 0 fully saturated rings. The van der Waals surface area contributed by atoms with E-state index in [0.29, 0.717) is 0 Å². The first-order valence-electron chi connectivity index (χ1n) is 10.6. The van der Waals surface area contributed by atoms with Crippen molar-refractivity contribution in [3.8, 4) is 0 Å². The normalized spacial score (nSPS) is 15.1. The average molecular weight is 406 g/mol. The van der Waals surface area contributed by atoms with E-state index >= 15 is 0 Å². The molecule has 152 valence electrons. The summed E-state index contributed by atoms with van der Waals surface area (Å²) in [7, 11) is 0. The van der Waals surface area contributed by atoms with Crippen LogP contribution in [0.15, 0.2) is 89.5 Å². The third kappa shape index (κ3) is 2.45. The molecule has 2 aromatic heterocycles. The van der Waals surface area contributed by atoms with E-state index in [0.717, 1.165) is 50.4 Å². The van der Waals surface area contributed by atoms with Gasteiger partial charge in [-0.25, -0.2) is 4.98 Å².